The zero-order valence-electron chi connectivity index (χ0n) is 8.20. The highest BCUT2D eigenvalue weighted by Crippen LogP contribution is 2.46. The van der Waals surface area contributed by atoms with Crippen molar-refractivity contribution in [3.05, 3.63) is 11.9 Å². The Morgan fingerprint density at radius 3 is 2.08 bits per heavy atom. The Labute approximate surface area is 79.8 Å². The minimum Gasteiger partial charge on any atom is -0.465 e. The highest BCUT2D eigenvalue weighted by molar-refractivity contribution is 7.53. The van der Waals surface area contributed by atoms with Gasteiger partial charge in [0.25, 0.3) is 0 Å². The first-order valence-corrected chi connectivity index (χ1v) is 5.18. The number of esters is 1. The summed E-state index contributed by atoms with van der Waals surface area (Å²) in [4.78, 5) is 11.0. The summed E-state index contributed by atoms with van der Waals surface area (Å²) in [5, 5.41) is 0.251. The Kier molecular flexibility index (Phi) is 6.77. The van der Waals surface area contributed by atoms with Crippen LogP contribution in [0.3, 0.4) is 0 Å². The van der Waals surface area contributed by atoms with E-state index < -0.39 is 14.3 Å². The van der Waals surface area contributed by atoms with Gasteiger partial charge in [-0.15, -0.1) is 0 Å². The second kappa shape index (κ2) is 7.01. The number of ether oxygens (including phenoxy) is 1. The Morgan fingerprint density at radius 1 is 1.31 bits per heavy atom. The average Bonchev–Trinajstić information content (AvgIpc) is 2.15. The summed E-state index contributed by atoms with van der Waals surface area (Å²) in [5.74, 6) is -0.479. The van der Waals surface area contributed by atoms with Crippen molar-refractivity contribution in [2.24, 2.45) is 0 Å². The normalized spacial score (nSPS) is 10.2. The first-order valence-electron chi connectivity index (χ1n) is 4.00. The van der Waals surface area contributed by atoms with Crippen LogP contribution in [0.1, 0.15) is 13.8 Å². The molecule has 0 rings (SSSR count). The van der Waals surface area contributed by atoms with Crippen molar-refractivity contribution in [1.82, 2.24) is 0 Å². The van der Waals surface area contributed by atoms with Crippen LogP contribution in [0.2, 0.25) is 0 Å². The third kappa shape index (κ3) is 4.36. The van der Waals surface area contributed by atoms with Crippen molar-refractivity contribution in [3.8, 4) is 0 Å². The van der Waals surface area contributed by atoms with Crippen LogP contribution in [0.5, 0.6) is 0 Å². The molecule has 0 aliphatic carbocycles. The van der Waals surface area contributed by atoms with Crippen LogP contribution < -0.4 is 0 Å². The van der Waals surface area contributed by atoms with E-state index in [2.05, 4.69) is 11.3 Å². The molecule has 0 heterocycles. The maximum absolute atomic E-state index is 11.0. The van der Waals surface area contributed by atoms with Gasteiger partial charge in [0.05, 0.1) is 20.3 Å². The van der Waals surface area contributed by atoms with E-state index in [4.69, 9.17) is 9.05 Å². The standard InChI is InChI=1S/C8H15O4P/c1-5-11-13(12-6-2)7(3)8(9)10-4/h3,5-6H2,1-2,4H3. The Bertz CT molecular complexity index is 175. The summed E-state index contributed by atoms with van der Waals surface area (Å²) >= 11 is 0. The third-order valence-corrected chi connectivity index (χ3v) is 2.74. The molecule has 0 amide bonds. The zero-order chi connectivity index (χ0) is 10.3. The van der Waals surface area contributed by atoms with Crippen LogP contribution in [-0.4, -0.2) is 26.3 Å². The van der Waals surface area contributed by atoms with Gasteiger partial charge >= 0.3 is 5.97 Å². The number of hydrogen-bond acceptors (Lipinski definition) is 4. The average molecular weight is 206 g/mol. The van der Waals surface area contributed by atoms with Gasteiger partial charge in [-0.1, -0.05) is 6.58 Å². The van der Waals surface area contributed by atoms with E-state index in [1.807, 2.05) is 13.8 Å². The Hall–Kier alpha value is -0.440. The summed E-state index contributed by atoms with van der Waals surface area (Å²) in [6, 6.07) is 0. The highest BCUT2D eigenvalue weighted by atomic mass is 31.2. The van der Waals surface area contributed by atoms with Gasteiger partial charge in [-0.25, -0.2) is 4.79 Å². The molecule has 5 heteroatoms. The van der Waals surface area contributed by atoms with E-state index in [-0.39, 0.29) is 5.31 Å². The second-order valence-electron chi connectivity index (χ2n) is 2.03. The first-order chi connectivity index (χ1) is 6.17. The number of hydrogen-bond donors (Lipinski definition) is 0. The van der Waals surface area contributed by atoms with Crippen molar-refractivity contribution in [2.45, 2.75) is 13.8 Å². The molecule has 0 bridgehead atoms. The van der Waals surface area contributed by atoms with E-state index in [1.54, 1.807) is 0 Å². The van der Waals surface area contributed by atoms with E-state index in [9.17, 15) is 4.79 Å². The smallest absolute Gasteiger partial charge is 0.342 e. The Balaban J connectivity index is 4.18. The molecule has 0 aromatic rings. The number of methoxy groups -OCH3 is 1. The second-order valence-corrected chi connectivity index (χ2v) is 3.60. The summed E-state index contributed by atoms with van der Waals surface area (Å²) in [6.45, 7) is 8.21. The minimum absolute atomic E-state index is 0.251. The largest absolute Gasteiger partial charge is 0.465 e. The predicted octanol–water partition coefficient (Wildman–Crippen LogP) is 2.06. The first kappa shape index (κ1) is 12.6. The monoisotopic (exact) mass is 206 g/mol. The fraction of sp³-hybridized carbons (Fsp3) is 0.625. The molecule has 13 heavy (non-hydrogen) atoms. The predicted molar refractivity (Wildman–Crippen MR) is 51.3 cm³/mol. The van der Waals surface area contributed by atoms with Crippen molar-refractivity contribution >= 4 is 14.3 Å². The quantitative estimate of drug-likeness (QED) is 0.379. The molecule has 0 unspecified atom stereocenters. The maximum Gasteiger partial charge on any atom is 0.342 e. The van der Waals surface area contributed by atoms with Crippen LogP contribution in [-0.2, 0) is 18.6 Å². The fourth-order valence-corrected chi connectivity index (χ4v) is 1.72. The van der Waals surface area contributed by atoms with Crippen molar-refractivity contribution in [2.75, 3.05) is 20.3 Å². The van der Waals surface area contributed by atoms with Crippen LogP contribution >= 0.6 is 8.38 Å². The molecular formula is C8H15O4P. The van der Waals surface area contributed by atoms with Gasteiger partial charge in [-0.3, -0.25) is 0 Å². The molecule has 0 saturated heterocycles. The van der Waals surface area contributed by atoms with Crippen molar-refractivity contribution in [3.63, 3.8) is 0 Å². The highest BCUT2D eigenvalue weighted by Gasteiger charge is 2.21. The lowest BCUT2D eigenvalue weighted by Gasteiger charge is -2.15. The summed E-state index contributed by atoms with van der Waals surface area (Å²) in [7, 11) is -0.0318. The van der Waals surface area contributed by atoms with E-state index >= 15 is 0 Å². The Morgan fingerprint density at radius 2 is 1.77 bits per heavy atom. The van der Waals surface area contributed by atoms with Crippen LogP contribution in [0, 0.1) is 0 Å². The molecule has 0 aliphatic rings. The lowest BCUT2D eigenvalue weighted by Crippen LogP contribution is -2.05. The van der Waals surface area contributed by atoms with Crippen LogP contribution in [0.25, 0.3) is 0 Å². The molecule has 0 aliphatic heterocycles. The third-order valence-electron chi connectivity index (χ3n) is 1.13. The SMILES string of the molecule is C=C(C(=O)OC)P(OCC)OCC. The topological polar surface area (TPSA) is 44.8 Å². The van der Waals surface area contributed by atoms with Gasteiger partial charge in [-0.05, 0) is 13.8 Å². The van der Waals surface area contributed by atoms with Gasteiger partial charge in [0.1, 0.15) is 5.31 Å². The van der Waals surface area contributed by atoms with E-state index in [0.29, 0.717) is 13.2 Å². The van der Waals surface area contributed by atoms with E-state index in [1.165, 1.54) is 7.11 Å². The van der Waals surface area contributed by atoms with E-state index in [0.717, 1.165) is 0 Å². The molecule has 0 aromatic heterocycles. The summed E-state index contributed by atoms with van der Waals surface area (Å²) in [6.07, 6.45) is 0. The van der Waals surface area contributed by atoms with Gasteiger partial charge < -0.3 is 13.8 Å². The van der Waals surface area contributed by atoms with Gasteiger partial charge in [-0.2, -0.15) is 0 Å². The molecule has 0 fully saturated rings. The molecule has 4 nitrogen and oxygen atoms in total. The molecule has 0 saturated carbocycles. The molecule has 76 valence electrons. The molecule has 0 N–H and O–H groups in total. The molecular weight excluding hydrogens is 191 g/mol. The summed E-state index contributed by atoms with van der Waals surface area (Å²) in [5.41, 5.74) is 0. The maximum atomic E-state index is 11.0. The van der Waals surface area contributed by atoms with Crippen molar-refractivity contribution < 1.29 is 18.6 Å². The van der Waals surface area contributed by atoms with Gasteiger partial charge in [0.15, 0.2) is 0 Å². The lowest BCUT2D eigenvalue weighted by molar-refractivity contribution is -0.135. The minimum atomic E-state index is -1.34. The molecule has 0 radical (unpaired) electrons. The zero-order valence-corrected chi connectivity index (χ0v) is 9.10. The number of carbonyl (C=O) groups excluding carboxylic acids is 1. The summed E-state index contributed by atoms with van der Waals surface area (Å²) < 4.78 is 14.9. The van der Waals surface area contributed by atoms with Gasteiger partial charge in [0, 0.05) is 0 Å². The van der Waals surface area contributed by atoms with Crippen LogP contribution in [0.15, 0.2) is 11.9 Å². The number of carbonyl (C=O) groups is 1. The molecule has 0 atom stereocenters. The van der Waals surface area contributed by atoms with Gasteiger partial charge in [0.2, 0.25) is 8.38 Å². The van der Waals surface area contributed by atoms with Crippen molar-refractivity contribution in [1.29, 1.82) is 0 Å². The fourth-order valence-electron chi connectivity index (χ4n) is 0.620. The number of rotatable bonds is 6. The molecule has 0 aromatic carbocycles. The van der Waals surface area contributed by atoms with Crippen LogP contribution in [0.4, 0.5) is 0 Å². The lowest BCUT2D eigenvalue weighted by atomic mass is 10.6. The molecule has 0 spiro atoms.